The highest BCUT2D eigenvalue weighted by Gasteiger charge is 2.35. The summed E-state index contributed by atoms with van der Waals surface area (Å²) in [5, 5.41) is 10.9. The number of alkyl halides is 2. The minimum Gasteiger partial charge on any atom is -0.328 e. The fraction of sp³-hybridized carbons (Fsp3) is 0.200. The van der Waals surface area contributed by atoms with Crippen LogP contribution in [0.1, 0.15) is 23.4 Å². The third-order valence-electron chi connectivity index (χ3n) is 3.29. The predicted octanol–water partition coefficient (Wildman–Crippen LogP) is 2.95. The smallest absolute Gasteiger partial charge is 0.254 e. The summed E-state index contributed by atoms with van der Waals surface area (Å²) >= 11 is 12.5. The second-order valence-electron chi connectivity index (χ2n) is 5.10. The van der Waals surface area contributed by atoms with Gasteiger partial charge in [0.15, 0.2) is 10.5 Å². The van der Waals surface area contributed by atoms with Crippen molar-refractivity contribution in [2.24, 2.45) is 0 Å². The van der Waals surface area contributed by atoms with Crippen LogP contribution in [0.3, 0.4) is 0 Å². The number of hydrogen-bond acceptors (Lipinski definition) is 4. The Balaban J connectivity index is 1.98. The van der Waals surface area contributed by atoms with E-state index in [9.17, 15) is 4.79 Å². The highest BCUT2D eigenvalue weighted by atomic mass is 35.5. The van der Waals surface area contributed by atoms with E-state index in [1.165, 1.54) is 10.9 Å². The fourth-order valence-electron chi connectivity index (χ4n) is 2.18. The number of nitrogens with zero attached hydrogens (tertiary/aromatic N) is 4. The number of halogens is 2. The van der Waals surface area contributed by atoms with Crippen molar-refractivity contribution < 1.29 is 4.79 Å². The standard InChI is InChI=1S/C15H13Cl2N5O/c1-15(16,17)14(19-13(23)10-5-4-8-18-9-10)22-12-7-3-2-6-11(12)20-21-22/h2-9,14H,1H3,(H,19,23). The Morgan fingerprint density at radius 3 is 2.74 bits per heavy atom. The van der Waals surface area contributed by atoms with Crippen LogP contribution in [0.25, 0.3) is 11.0 Å². The molecule has 0 aliphatic heterocycles. The van der Waals surface area contributed by atoms with Gasteiger partial charge in [0.1, 0.15) is 5.52 Å². The molecule has 0 spiro atoms. The van der Waals surface area contributed by atoms with E-state index in [1.807, 2.05) is 24.3 Å². The predicted molar refractivity (Wildman–Crippen MR) is 88.4 cm³/mol. The lowest BCUT2D eigenvalue weighted by atomic mass is 10.2. The molecule has 2 heterocycles. The highest BCUT2D eigenvalue weighted by molar-refractivity contribution is 6.48. The Morgan fingerprint density at radius 1 is 1.26 bits per heavy atom. The average molecular weight is 350 g/mol. The zero-order chi connectivity index (χ0) is 16.4. The van der Waals surface area contributed by atoms with E-state index >= 15 is 0 Å². The summed E-state index contributed by atoms with van der Waals surface area (Å²) < 4.78 is 0.206. The Bertz CT molecular complexity index is 829. The second kappa shape index (κ2) is 6.14. The monoisotopic (exact) mass is 349 g/mol. The number of benzene rings is 1. The molecule has 0 aliphatic carbocycles. The van der Waals surface area contributed by atoms with Gasteiger partial charge in [-0.25, -0.2) is 4.68 Å². The van der Waals surface area contributed by atoms with Crippen molar-refractivity contribution in [1.82, 2.24) is 25.3 Å². The zero-order valence-corrected chi connectivity index (χ0v) is 13.7. The lowest BCUT2D eigenvalue weighted by Gasteiger charge is -2.27. The third kappa shape index (κ3) is 3.28. The number of amides is 1. The van der Waals surface area contributed by atoms with Crippen molar-refractivity contribution in [3.8, 4) is 0 Å². The summed E-state index contributed by atoms with van der Waals surface area (Å²) in [5.74, 6) is -0.352. The lowest BCUT2D eigenvalue weighted by molar-refractivity contribution is 0.0911. The molecule has 0 fully saturated rings. The van der Waals surface area contributed by atoms with E-state index in [-0.39, 0.29) is 5.91 Å². The van der Waals surface area contributed by atoms with E-state index in [0.29, 0.717) is 11.1 Å². The molecule has 8 heteroatoms. The molecule has 6 nitrogen and oxygen atoms in total. The Hall–Kier alpha value is -2.18. The number of carbonyl (C=O) groups is 1. The van der Waals surface area contributed by atoms with E-state index in [4.69, 9.17) is 23.2 Å². The molecule has 2 aromatic heterocycles. The molecule has 1 amide bonds. The molecule has 118 valence electrons. The number of fused-ring (bicyclic) bond motifs is 1. The van der Waals surface area contributed by atoms with Crippen LogP contribution in [0.5, 0.6) is 0 Å². The molecule has 0 saturated heterocycles. The van der Waals surface area contributed by atoms with Crippen LogP contribution in [0.2, 0.25) is 0 Å². The maximum Gasteiger partial charge on any atom is 0.254 e. The molecule has 0 aliphatic rings. The van der Waals surface area contributed by atoms with Crippen LogP contribution >= 0.6 is 23.2 Å². The molecule has 0 radical (unpaired) electrons. The molecular formula is C15H13Cl2N5O. The summed E-state index contributed by atoms with van der Waals surface area (Å²) in [6.45, 7) is 1.58. The fourth-order valence-corrected chi connectivity index (χ4v) is 2.48. The molecule has 23 heavy (non-hydrogen) atoms. The van der Waals surface area contributed by atoms with Crippen LogP contribution in [-0.4, -0.2) is 30.2 Å². The second-order valence-corrected chi connectivity index (χ2v) is 6.86. The van der Waals surface area contributed by atoms with Gasteiger partial charge >= 0.3 is 0 Å². The third-order valence-corrected chi connectivity index (χ3v) is 3.71. The van der Waals surface area contributed by atoms with Crippen molar-refractivity contribution in [3.05, 3.63) is 54.4 Å². The number of rotatable bonds is 4. The van der Waals surface area contributed by atoms with E-state index in [1.54, 1.807) is 25.3 Å². The first kappa shape index (κ1) is 15.7. The summed E-state index contributed by atoms with van der Waals surface area (Å²) in [6, 6.07) is 10.7. The van der Waals surface area contributed by atoms with Gasteiger partial charge in [-0.05, 0) is 31.2 Å². The van der Waals surface area contributed by atoms with Crippen LogP contribution < -0.4 is 5.32 Å². The van der Waals surface area contributed by atoms with Gasteiger partial charge in [-0.15, -0.1) is 5.10 Å². The van der Waals surface area contributed by atoms with Gasteiger partial charge in [-0.2, -0.15) is 0 Å². The topological polar surface area (TPSA) is 72.7 Å². The van der Waals surface area contributed by atoms with Crippen molar-refractivity contribution in [2.75, 3.05) is 0 Å². The average Bonchev–Trinajstić information content (AvgIpc) is 2.96. The molecule has 0 bridgehead atoms. The minimum absolute atomic E-state index is 0.352. The first-order chi connectivity index (χ1) is 11.0. The zero-order valence-electron chi connectivity index (χ0n) is 12.1. The summed E-state index contributed by atoms with van der Waals surface area (Å²) in [4.78, 5) is 16.3. The Labute approximate surface area is 142 Å². The molecule has 1 N–H and O–H groups in total. The summed E-state index contributed by atoms with van der Waals surface area (Å²) in [5.41, 5.74) is 1.81. The SMILES string of the molecule is CC(Cl)(Cl)C(NC(=O)c1cccnc1)n1nnc2ccccc21. The first-order valence-corrected chi connectivity index (χ1v) is 7.61. The summed E-state index contributed by atoms with van der Waals surface area (Å²) in [6.07, 6.45) is 2.25. The van der Waals surface area contributed by atoms with Gasteiger partial charge in [-0.3, -0.25) is 9.78 Å². The number of pyridine rings is 1. The van der Waals surface area contributed by atoms with Gasteiger partial charge in [0.2, 0.25) is 0 Å². The maximum absolute atomic E-state index is 12.4. The quantitative estimate of drug-likeness (QED) is 0.735. The Morgan fingerprint density at radius 2 is 2.04 bits per heavy atom. The molecule has 3 rings (SSSR count). The number of para-hydroxylation sites is 1. The van der Waals surface area contributed by atoms with Gasteiger partial charge in [0, 0.05) is 12.4 Å². The largest absolute Gasteiger partial charge is 0.328 e. The normalized spacial score (nSPS) is 13.0. The van der Waals surface area contributed by atoms with Gasteiger partial charge < -0.3 is 5.32 Å². The van der Waals surface area contributed by atoms with E-state index < -0.39 is 10.5 Å². The number of aromatic nitrogens is 4. The van der Waals surface area contributed by atoms with Crippen molar-refractivity contribution in [3.63, 3.8) is 0 Å². The number of nitrogens with one attached hydrogen (secondary N) is 1. The van der Waals surface area contributed by atoms with Gasteiger partial charge in [0.05, 0.1) is 11.1 Å². The van der Waals surface area contributed by atoms with Crippen molar-refractivity contribution >= 4 is 40.1 Å². The first-order valence-electron chi connectivity index (χ1n) is 6.85. The number of carbonyl (C=O) groups excluding carboxylic acids is 1. The Kier molecular flexibility index (Phi) is 4.19. The van der Waals surface area contributed by atoms with E-state index in [0.717, 1.165) is 5.52 Å². The van der Waals surface area contributed by atoms with Crippen LogP contribution in [0.15, 0.2) is 48.8 Å². The van der Waals surface area contributed by atoms with E-state index in [2.05, 4.69) is 20.6 Å². The van der Waals surface area contributed by atoms with Crippen molar-refractivity contribution in [1.29, 1.82) is 0 Å². The van der Waals surface area contributed by atoms with Crippen LogP contribution in [0.4, 0.5) is 0 Å². The van der Waals surface area contributed by atoms with Gasteiger partial charge in [0.25, 0.3) is 5.91 Å². The summed E-state index contributed by atoms with van der Waals surface area (Å²) in [7, 11) is 0. The number of hydrogen-bond donors (Lipinski definition) is 1. The minimum atomic E-state index is -1.30. The lowest BCUT2D eigenvalue weighted by Crippen LogP contribution is -2.42. The van der Waals surface area contributed by atoms with Crippen molar-refractivity contribution in [2.45, 2.75) is 17.4 Å². The molecule has 1 aromatic carbocycles. The molecule has 1 atom stereocenters. The molecule has 0 saturated carbocycles. The highest BCUT2D eigenvalue weighted by Crippen LogP contribution is 2.33. The molecular weight excluding hydrogens is 337 g/mol. The van der Waals surface area contributed by atoms with Gasteiger partial charge in [-0.1, -0.05) is 40.5 Å². The van der Waals surface area contributed by atoms with Crippen LogP contribution in [-0.2, 0) is 0 Å². The molecule has 1 unspecified atom stereocenters. The maximum atomic E-state index is 12.4. The molecule has 3 aromatic rings. The van der Waals surface area contributed by atoms with Crippen LogP contribution in [0, 0.1) is 0 Å².